The van der Waals surface area contributed by atoms with Gasteiger partial charge < -0.3 is 59.7 Å². The second kappa shape index (κ2) is 26.4. The number of aliphatic hydroxyl groups is 2. The number of carbonyl (C=O) groups excluding carboxylic acids is 5. The number of ether oxygens (including phenoxy) is 4. The van der Waals surface area contributed by atoms with E-state index >= 15 is 0 Å². The van der Waals surface area contributed by atoms with E-state index in [2.05, 4.69) is 36.7 Å². The molecule has 0 saturated heterocycles. The van der Waals surface area contributed by atoms with E-state index < -0.39 is 29.9 Å². The van der Waals surface area contributed by atoms with Crippen molar-refractivity contribution in [1.82, 2.24) is 20.4 Å². The number of benzene rings is 3. The number of aldehydes is 1. The predicted molar refractivity (Wildman–Crippen MR) is 301 cm³/mol. The maximum atomic E-state index is 14.7. The zero-order chi connectivity index (χ0) is 56.3. The minimum atomic E-state index is -1.62. The average Bonchev–Trinajstić information content (AvgIpc) is 4.12. The van der Waals surface area contributed by atoms with E-state index in [4.69, 9.17) is 18.9 Å². The van der Waals surface area contributed by atoms with Crippen LogP contribution in [0.3, 0.4) is 0 Å². The van der Waals surface area contributed by atoms with Gasteiger partial charge in [-0.3, -0.25) is 14.4 Å². The SMILES string of the molecule is CCC(C)(CC1CC2=C(C=CC1O)N(C(=O)CC1(COc3cc(N(C(=O)OCc4ccc(NC(=O)C(CCCNC)NC)cc4)C(O)C4CC(c5ccc(OC)cc5)=CN4C=O)c(C)cc3OC)CC(C)C1)CC2)C(C)C=O. The van der Waals surface area contributed by atoms with E-state index in [9.17, 15) is 34.2 Å². The summed E-state index contributed by atoms with van der Waals surface area (Å²) in [4.78, 5) is 71.2. The van der Waals surface area contributed by atoms with E-state index in [1.165, 1.54) is 12.0 Å². The summed E-state index contributed by atoms with van der Waals surface area (Å²) in [7, 11) is 6.72. The molecule has 7 unspecified atom stereocenters. The van der Waals surface area contributed by atoms with Gasteiger partial charge in [0.1, 0.15) is 18.6 Å². The first kappa shape index (κ1) is 59.1. The van der Waals surface area contributed by atoms with Gasteiger partial charge in [0, 0.05) is 47.9 Å². The molecule has 422 valence electrons. The molecular formula is C61H82N6O11. The molecule has 0 radical (unpaired) electrons. The number of hydrogen-bond donors (Lipinski definition) is 5. The lowest BCUT2D eigenvalue weighted by molar-refractivity contribution is -0.135. The molecule has 4 amide bonds. The number of rotatable bonds is 26. The maximum absolute atomic E-state index is 14.7. The van der Waals surface area contributed by atoms with Crippen molar-refractivity contribution >= 4 is 47.6 Å². The van der Waals surface area contributed by atoms with Crippen LogP contribution in [0, 0.1) is 35.5 Å². The summed E-state index contributed by atoms with van der Waals surface area (Å²) in [5.74, 6) is 1.25. The van der Waals surface area contributed by atoms with Crippen molar-refractivity contribution in [1.29, 1.82) is 0 Å². The van der Waals surface area contributed by atoms with Crippen LogP contribution in [0.15, 0.2) is 90.3 Å². The summed E-state index contributed by atoms with van der Waals surface area (Å²) in [5.41, 5.74) is 4.78. The minimum Gasteiger partial charge on any atom is -0.497 e. The highest BCUT2D eigenvalue weighted by Crippen LogP contribution is 2.51. The fourth-order valence-corrected chi connectivity index (χ4v) is 11.9. The summed E-state index contributed by atoms with van der Waals surface area (Å²) in [6.45, 7) is 11.4. The predicted octanol–water partition coefficient (Wildman–Crippen LogP) is 8.52. The van der Waals surface area contributed by atoms with Crippen LogP contribution in [0.4, 0.5) is 16.2 Å². The number of nitrogens with one attached hydrogen (secondary N) is 3. The largest absolute Gasteiger partial charge is 0.497 e. The van der Waals surface area contributed by atoms with Crippen LogP contribution < -0.4 is 35.1 Å². The molecule has 3 aromatic carbocycles. The summed E-state index contributed by atoms with van der Waals surface area (Å²) in [6.07, 6.45) is 10.0. The number of hydrogen-bond acceptors (Lipinski definition) is 13. The van der Waals surface area contributed by atoms with Gasteiger partial charge in [0.15, 0.2) is 17.7 Å². The molecule has 5 N–H and O–H groups in total. The second-order valence-corrected chi connectivity index (χ2v) is 22.3. The summed E-state index contributed by atoms with van der Waals surface area (Å²) in [5, 5.41) is 33.0. The molecule has 7 rings (SSSR count). The third kappa shape index (κ3) is 13.6. The fraction of sp³-hybridized carbons (Fsp3) is 0.525. The van der Waals surface area contributed by atoms with Crippen molar-refractivity contribution in [2.45, 2.75) is 130 Å². The Morgan fingerprint density at radius 1 is 1.00 bits per heavy atom. The molecule has 0 bridgehead atoms. The van der Waals surface area contributed by atoms with Gasteiger partial charge in [0.05, 0.1) is 44.7 Å². The summed E-state index contributed by atoms with van der Waals surface area (Å²) >= 11 is 0. The van der Waals surface area contributed by atoms with Crippen molar-refractivity contribution in [3.63, 3.8) is 0 Å². The number of methoxy groups -OCH3 is 2. The number of amides is 4. The van der Waals surface area contributed by atoms with Crippen molar-refractivity contribution < 1.29 is 53.1 Å². The van der Waals surface area contributed by atoms with Crippen LogP contribution in [-0.2, 0) is 30.5 Å². The molecular weight excluding hydrogens is 993 g/mol. The fourth-order valence-electron chi connectivity index (χ4n) is 11.9. The number of allylic oxidation sites excluding steroid dienone is 1. The van der Waals surface area contributed by atoms with Crippen molar-refractivity contribution in [3.05, 3.63) is 107 Å². The number of aryl methyl sites for hydroxylation is 1. The summed E-state index contributed by atoms with van der Waals surface area (Å²) < 4.78 is 23.9. The first-order valence-corrected chi connectivity index (χ1v) is 27.5. The summed E-state index contributed by atoms with van der Waals surface area (Å²) in [6, 6.07) is 16.4. The molecule has 0 spiro atoms. The van der Waals surface area contributed by atoms with Crippen molar-refractivity contribution in [2.75, 3.05) is 58.2 Å². The van der Waals surface area contributed by atoms with Gasteiger partial charge in [-0.25, -0.2) is 9.69 Å². The Morgan fingerprint density at radius 3 is 2.36 bits per heavy atom. The standard InChI is InChI=1S/C61H82N6O11/c1-10-60(5,41(4)35-68)32-45-27-44-23-25-66(50(44)21-22-53(45)70)56(71)33-61(30-39(2)31-61)37-78-55-29-51(40(3)26-54(55)76-9)67(58(73)52-28-46(34-65(52)38-69)43-15-19-48(75-8)20-16-43)59(74)77-36-42-13-17-47(18-14-42)64-57(72)49(63-7)12-11-24-62-6/h13-22,26,29,34-35,38-39,41,45,49,52-53,58,62-63,70,73H,10-12,23-25,27-28,30-33,36-37H2,1-9H3,(H,64,72). The topological polar surface area (TPSA) is 209 Å². The monoisotopic (exact) mass is 1070 g/mol. The van der Waals surface area contributed by atoms with Crippen LogP contribution in [0.5, 0.6) is 17.2 Å². The minimum absolute atomic E-state index is 0.0221. The Bertz CT molecular complexity index is 2680. The Hall–Kier alpha value is -6.53. The Kier molecular flexibility index (Phi) is 20.0. The average molecular weight is 1080 g/mol. The smallest absolute Gasteiger partial charge is 0.416 e. The molecule has 1 saturated carbocycles. The second-order valence-electron chi connectivity index (χ2n) is 22.3. The highest BCUT2D eigenvalue weighted by Gasteiger charge is 2.47. The van der Waals surface area contributed by atoms with Gasteiger partial charge in [-0.1, -0.05) is 64.5 Å². The van der Waals surface area contributed by atoms with E-state index in [1.807, 2.05) is 49.2 Å². The molecule has 3 aromatic rings. The maximum Gasteiger partial charge on any atom is 0.416 e. The quantitative estimate of drug-likeness (QED) is 0.0291. The van der Waals surface area contributed by atoms with Crippen LogP contribution in [0.25, 0.3) is 5.57 Å². The molecule has 2 aliphatic heterocycles. The van der Waals surface area contributed by atoms with Gasteiger partial charge in [0.25, 0.3) is 0 Å². The zero-order valence-corrected chi connectivity index (χ0v) is 47.0. The van der Waals surface area contributed by atoms with Crippen molar-refractivity contribution in [3.8, 4) is 17.2 Å². The Labute approximate surface area is 460 Å². The number of aliphatic hydroxyl groups excluding tert-OH is 2. The van der Waals surface area contributed by atoms with Crippen molar-refractivity contribution in [2.24, 2.45) is 28.6 Å². The van der Waals surface area contributed by atoms with E-state index in [-0.39, 0.29) is 72.6 Å². The lowest BCUT2D eigenvalue weighted by Crippen LogP contribution is -2.51. The zero-order valence-electron chi connectivity index (χ0n) is 47.0. The van der Waals surface area contributed by atoms with Gasteiger partial charge in [-0.15, -0.1) is 0 Å². The van der Waals surface area contributed by atoms with Gasteiger partial charge in [-0.05, 0) is 160 Å². The molecule has 2 aliphatic carbocycles. The molecule has 78 heavy (non-hydrogen) atoms. The lowest BCUT2D eigenvalue weighted by Gasteiger charge is -2.46. The van der Waals surface area contributed by atoms with E-state index in [0.717, 1.165) is 65.8 Å². The molecule has 17 nitrogen and oxygen atoms in total. The van der Waals surface area contributed by atoms with Gasteiger partial charge >= 0.3 is 6.09 Å². The highest BCUT2D eigenvalue weighted by molar-refractivity contribution is 5.95. The number of likely N-dealkylation sites (N-methyl/N-ethyl adjacent to an activating group) is 1. The Balaban J connectivity index is 1.12. The molecule has 17 heteroatoms. The Morgan fingerprint density at radius 2 is 1.73 bits per heavy atom. The van der Waals surface area contributed by atoms with E-state index in [1.54, 1.807) is 69.8 Å². The highest BCUT2D eigenvalue weighted by atomic mass is 16.6. The number of carbonyl (C=O) groups is 5. The molecule has 4 aliphatic rings. The lowest BCUT2D eigenvalue weighted by atomic mass is 9.61. The third-order valence-corrected chi connectivity index (χ3v) is 16.9. The normalized spacial score (nSPS) is 22.7. The van der Waals surface area contributed by atoms with Crippen LogP contribution in [0.1, 0.15) is 109 Å². The molecule has 2 heterocycles. The number of anilines is 2. The first-order valence-electron chi connectivity index (χ1n) is 27.5. The molecule has 0 aromatic heterocycles. The molecule has 7 atom stereocenters. The molecule has 1 fully saturated rings. The number of nitrogens with zero attached hydrogens (tertiary/aromatic N) is 3. The van der Waals surface area contributed by atoms with Crippen LogP contribution in [0.2, 0.25) is 0 Å². The third-order valence-electron chi connectivity index (χ3n) is 16.9. The van der Waals surface area contributed by atoms with E-state index in [0.29, 0.717) is 72.9 Å². The first-order chi connectivity index (χ1) is 37.4. The van der Waals surface area contributed by atoms with Crippen LogP contribution in [-0.4, -0.2) is 123 Å². The van der Waals surface area contributed by atoms with Gasteiger partial charge in [-0.2, -0.15) is 0 Å². The van der Waals surface area contributed by atoms with Crippen LogP contribution >= 0.6 is 0 Å². The van der Waals surface area contributed by atoms with Gasteiger partial charge in [0.2, 0.25) is 18.2 Å².